The van der Waals surface area contributed by atoms with Crippen molar-refractivity contribution in [2.75, 3.05) is 18.5 Å². The van der Waals surface area contributed by atoms with E-state index in [1.54, 1.807) is 11.3 Å². The summed E-state index contributed by atoms with van der Waals surface area (Å²) in [5, 5.41) is 4.67. The van der Waals surface area contributed by atoms with Crippen molar-refractivity contribution in [1.29, 1.82) is 0 Å². The highest BCUT2D eigenvalue weighted by Gasteiger charge is 2.18. The van der Waals surface area contributed by atoms with E-state index in [9.17, 15) is 0 Å². The molecular formula is C15H21N3OS. The van der Waals surface area contributed by atoms with Gasteiger partial charge in [0.25, 0.3) is 0 Å². The van der Waals surface area contributed by atoms with E-state index in [0.717, 1.165) is 42.5 Å². The molecular weight excluding hydrogens is 270 g/mol. The number of anilines is 1. The molecule has 0 bridgehead atoms. The normalized spacial score (nSPS) is 18.9. The standard InChI is InChI=1S/C15H21N3OS/c1-4-12-17-14(16-8-11-6-5-7-19-11)13-9(2)10(3)20-15(13)18-12/h11H,4-8H2,1-3H3,(H,16,17,18). The monoisotopic (exact) mass is 291 g/mol. The van der Waals surface area contributed by atoms with Crippen molar-refractivity contribution in [1.82, 2.24) is 9.97 Å². The topological polar surface area (TPSA) is 47.0 Å². The fourth-order valence-electron chi connectivity index (χ4n) is 2.60. The number of nitrogens with one attached hydrogen (secondary N) is 1. The Bertz CT molecular complexity index is 617. The van der Waals surface area contributed by atoms with E-state index in [0.29, 0.717) is 6.10 Å². The van der Waals surface area contributed by atoms with E-state index in [4.69, 9.17) is 4.74 Å². The van der Waals surface area contributed by atoms with Gasteiger partial charge >= 0.3 is 0 Å². The smallest absolute Gasteiger partial charge is 0.138 e. The zero-order valence-corrected chi connectivity index (χ0v) is 13.1. The molecule has 1 fully saturated rings. The number of fused-ring (bicyclic) bond motifs is 1. The van der Waals surface area contributed by atoms with Crippen molar-refractivity contribution < 1.29 is 4.74 Å². The number of aryl methyl sites for hydroxylation is 3. The number of aromatic nitrogens is 2. The summed E-state index contributed by atoms with van der Waals surface area (Å²) in [5.74, 6) is 1.89. The van der Waals surface area contributed by atoms with E-state index >= 15 is 0 Å². The summed E-state index contributed by atoms with van der Waals surface area (Å²) in [4.78, 5) is 11.8. The molecule has 0 radical (unpaired) electrons. The zero-order valence-electron chi connectivity index (χ0n) is 12.3. The molecule has 1 unspecified atom stereocenters. The molecule has 1 N–H and O–H groups in total. The van der Waals surface area contributed by atoms with Gasteiger partial charge in [-0.15, -0.1) is 11.3 Å². The first-order valence-corrected chi connectivity index (χ1v) is 8.12. The molecule has 3 heterocycles. The highest BCUT2D eigenvalue weighted by molar-refractivity contribution is 7.18. The summed E-state index contributed by atoms with van der Waals surface area (Å²) in [7, 11) is 0. The van der Waals surface area contributed by atoms with Crippen LogP contribution in [0.25, 0.3) is 10.2 Å². The minimum atomic E-state index is 0.324. The molecule has 2 aromatic rings. The molecule has 20 heavy (non-hydrogen) atoms. The van der Waals surface area contributed by atoms with Crippen LogP contribution in [0.4, 0.5) is 5.82 Å². The van der Waals surface area contributed by atoms with Crippen LogP contribution in [-0.2, 0) is 11.2 Å². The van der Waals surface area contributed by atoms with Crippen LogP contribution in [0.5, 0.6) is 0 Å². The second kappa shape index (κ2) is 5.66. The summed E-state index contributed by atoms with van der Waals surface area (Å²) in [6.45, 7) is 8.13. The molecule has 0 saturated carbocycles. The fraction of sp³-hybridized carbons (Fsp3) is 0.600. The molecule has 5 heteroatoms. The Labute approximate surface area is 123 Å². The predicted octanol–water partition coefficient (Wildman–Crippen LogP) is 3.46. The van der Waals surface area contributed by atoms with Crippen LogP contribution in [0.15, 0.2) is 0 Å². The van der Waals surface area contributed by atoms with E-state index in [1.807, 2.05) is 0 Å². The lowest BCUT2D eigenvalue weighted by Gasteiger charge is -2.13. The SMILES string of the molecule is CCc1nc(NCC2CCCO2)c2c(C)c(C)sc2n1. The third-order valence-electron chi connectivity index (χ3n) is 3.91. The Morgan fingerprint density at radius 2 is 2.20 bits per heavy atom. The summed E-state index contributed by atoms with van der Waals surface area (Å²) in [5.41, 5.74) is 1.29. The van der Waals surface area contributed by atoms with Gasteiger partial charge in [0.1, 0.15) is 16.5 Å². The van der Waals surface area contributed by atoms with Gasteiger partial charge in [-0.1, -0.05) is 6.92 Å². The van der Waals surface area contributed by atoms with Crippen LogP contribution < -0.4 is 5.32 Å². The molecule has 4 nitrogen and oxygen atoms in total. The maximum absolute atomic E-state index is 5.68. The lowest BCUT2D eigenvalue weighted by molar-refractivity contribution is 0.120. The Morgan fingerprint density at radius 3 is 2.90 bits per heavy atom. The first-order chi connectivity index (χ1) is 9.69. The molecule has 1 atom stereocenters. The average Bonchev–Trinajstić information content (AvgIpc) is 3.05. The molecule has 3 rings (SSSR count). The number of rotatable bonds is 4. The van der Waals surface area contributed by atoms with Crippen molar-refractivity contribution in [2.24, 2.45) is 0 Å². The lowest BCUT2D eigenvalue weighted by atomic mass is 10.2. The van der Waals surface area contributed by atoms with Gasteiger partial charge in [0.15, 0.2) is 0 Å². The van der Waals surface area contributed by atoms with Crippen LogP contribution in [0.1, 0.15) is 36.0 Å². The molecule has 0 amide bonds. The van der Waals surface area contributed by atoms with E-state index < -0.39 is 0 Å². The van der Waals surface area contributed by atoms with Crippen LogP contribution in [0.2, 0.25) is 0 Å². The molecule has 0 spiro atoms. The van der Waals surface area contributed by atoms with Gasteiger partial charge < -0.3 is 10.1 Å². The Hall–Kier alpha value is -1.20. The minimum absolute atomic E-state index is 0.324. The maximum Gasteiger partial charge on any atom is 0.138 e. The summed E-state index contributed by atoms with van der Waals surface area (Å²) in [6.07, 6.45) is 3.50. The lowest BCUT2D eigenvalue weighted by Crippen LogP contribution is -2.19. The van der Waals surface area contributed by atoms with Crippen molar-refractivity contribution in [3.63, 3.8) is 0 Å². The van der Waals surface area contributed by atoms with Crippen molar-refractivity contribution >= 4 is 27.4 Å². The maximum atomic E-state index is 5.68. The Morgan fingerprint density at radius 1 is 1.35 bits per heavy atom. The van der Waals surface area contributed by atoms with Gasteiger partial charge in [0.05, 0.1) is 11.5 Å². The third-order valence-corrected chi connectivity index (χ3v) is 5.01. The van der Waals surface area contributed by atoms with Gasteiger partial charge in [-0.25, -0.2) is 9.97 Å². The second-order valence-corrected chi connectivity index (χ2v) is 6.52. The highest BCUT2D eigenvalue weighted by Crippen LogP contribution is 2.33. The molecule has 108 valence electrons. The number of thiophene rings is 1. The fourth-order valence-corrected chi connectivity index (χ4v) is 3.64. The van der Waals surface area contributed by atoms with Crippen LogP contribution in [-0.4, -0.2) is 29.2 Å². The van der Waals surface area contributed by atoms with Crippen molar-refractivity contribution in [3.8, 4) is 0 Å². The number of nitrogens with zero attached hydrogens (tertiary/aromatic N) is 2. The first-order valence-electron chi connectivity index (χ1n) is 7.31. The molecule has 2 aromatic heterocycles. The van der Waals surface area contributed by atoms with Crippen LogP contribution in [0, 0.1) is 13.8 Å². The zero-order chi connectivity index (χ0) is 14.1. The van der Waals surface area contributed by atoms with Gasteiger partial charge in [-0.2, -0.15) is 0 Å². The number of ether oxygens (including phenoxy) is 1. The van der Waals surface area contributed by atoms with Gasteiger partial charge in [0, 0.05) is 24.4 Å². The third kappa shape index (κ3) is 2.52. The molecule has 1 aliphatic heterocycles. The average molecular weight is 291 g/mol. The molecule has 1 saturated heterocycles. The molecule has 1 aliphatic rings. The molecule has 0 aliphatic carbocycles. The number of hydrogen-bond acceptors (Lipinski definition) is 5. The number of hydrogen-bond donors (Lipinski definition) is 1. The largest absolute Gasteiger partial charge is 0.376 e. The minimum Gasteiger partial charge on any atom is -0.376 e. The predicted molar refractivity (Wildman–Crippen MR) is 83.7 cm³/mol. The Kier molecular flexibility index (Phi) is 3.89. The summed E-state index contributed by atoms with van der Waals surface area (Å²) >= 11 is 1.76. The Balaban J connectivity index is 1.94. The van der Waals surface area contributed by atoms with E-state index in [-0.39, 0.29) is 0 Å². The van der Waals surface area contributed by atoms with Gasteiger partial charge in [-0.3, -0.25) is 0 Å². The van der Waals surface area contributed by atoms with E-state index in [2.05, 4.69) is 36.1 Å². The molecule has 0 aromatic carbocycles. The van der Waals surface area contributed by atoms with Crippen LogP contribution >= 0.6 is 11.3 Å². The van der Waals surface area contributed by atoms with Crippen molar-refractivity contribution in [2.45, 2.75) is 46.1 Å². The van der Waals surface area contributed by atoms with E-state index in [1.165, 1.54) is 22.2 Å². The summed E-state index contributed by atoms with van der Waals surface area (Å²) < 4.78 is 5.68. The van der Waals surface area contributed by atoms with Crippen molar-refractivity contribution in [3.05, 3.63) is 16.3 Å². The second-order valence-electron chi connectivity index (χ2n) is 5.32. The first kappa shape index (κ1) is 13.8. The summed E-state index contributed by atoms with van der Waals surface area (Å²) in [6, 6.07) is 0. The highest BCUT2D eigenvalue weighted by atomic mass is 32.1. The quantitative estimate of drug-likeness (QED) is 0.937. The van der Waals surface area contributed by atoms with Gasteiger partial charge in [0.2, 0.25) is 0 Å². The van der Waals surface area contributed by atoms with Crippen LogP contribution in [0.3, 0.4) is 0 Å². The van der Waals surface area contributed by atoms with Gasteiger partial charge in [-0.05, 0) is 32.3 Å².